The zero-order chi connectivity index (χ0) is 20.8. The molecule has 7 nitrogen and oxygen atoms in total. The number of carbonyl (C=O) groups is 1. The topological polar surface area (TPSA) is 97.3 Å². The van der Waals surface area contributed by atoms with Crippen molar-refractivity contribution in [2.24, 2.45) is 0 Å². The van der Waals surface area contributed by atoms with Gasteiger partial charge in [-0.25, -0.2) is 0 Å². The molecule has 3 rings (SSSR count). The largest absolute Gasteiger partial charge is 0.383 e. The first kappa shape index (κ1) is 20.5. The van der Waals surface area contributed by atoms with Gasteiger partial charge < -0.3 is 15.0 Å². The molecular formula is C22H25N3O4. The Morgan fingerprint density at radius 3 is 2.66 bits per heavy atom. The number of carbonyl (C=O) groups excluding carboxylic acids is 1. The highest BCUT2D eigenvalue weighted by molar-refractivity contribution is 5.88. The Labute approximate surface area is 169 Å². The lowest BCUT2D eigenvalue weighted by atomic mass is 9.87. The van der Waals surface area contributed by atoms with Crippen LogP contribution < -0.4 is 5.32 Å². The lowest BCUT2D eigenvalue weighted by Crippen LogP contribution is -2.28. The first-order chi connectivity index (χ1) is 14.0. The minimum Gasteiger partial charge on any atom is -0.383 e. The number of benzene rings is 2. The number of non-ortho nitro benzene ring substituents is 1. The van der Waals surface area contributed by atoms with Crippen LogP contribution in [0, 0.1) is 10.1 Å². The highest BCUT2D eigenvalue weighted by Crippen LogP contribution is 2.35. The molecule has 7 heteroatoms. The summed E-state index contributed by atoms with van der Waals surface area (Å²) in [5.41, 5.74) is 4.17. The van der Waals surface area contributed by atoms with Gasteiger partial charge in [-0.3, -0.25) is 14.9 Å². The molecule has 0 radical (unpaired) electrons. The van der Waals surface area contributed by atoms with Gasteiger partial charge in [-0.2, -0.15) is 0 Å². The fourth-order valence-electron chi connectivity index (χ4n) is 3.61. The number of methoxy groups -OCH3 is 1. The number of amides is 1. The van der Waals surface area contributed by atoms with Crippen LogP contribution in [-0.4, -0.2) is 36.1 Å². The Bertz CT molecular complexity index is 995. The van der Waals surface area contributed by atoms with Gasteiger partial charge in [0.05, 0.1) is 11.5 Å². The third kappa shape index (κ3) is 4.63. The number of hydrogen-bond acceptors (Lipinski definition) is 4. The van der Waals surface area contributed by atoms with Crippen molar-refractivity contribution < 1.29 is 14.5 Å². The average Bonchev–Trinajstić information content (AvgIpc) is 3.16. The lowest BCUT2D eigenvalue weighted by molar-refractivity contribution is -0.384. The lowest BCUT2D eigenvalue weighted by Gasteiger charge is -2.17. The molecule has 0 saturated heterocycles. The van der Waals surface area contributed by atoms with Crippen molar-refractivity contribution >= 4 is 22.5 Å². The number of para-hydroxylation sites is 1. The smallest absolute Gasteiger partial charge is 0.269 e. The number of rotatable bonds is 9. The molecule has 1 atom stereocenters. The van der Waals surface area contributed by atoms with Crippen molar-refractivity contribution in [1.82, 2.24) is 10.3 Å². The molecule has 0 aliphatic heterocycles. The SMILES string of the molecule is CCc1cccc2c(C(CC(=O)NCCOC)c3ccc([N+](=O)[O-])cc3)c[nH]c12. The van der Waals surface area contributed by atoms with Gasteiger partial charge in [0, 0.05) is 55.2 Å². The van der Waals surface area contributed by atoms with Crippen molar-refractivity contribution in [1.29, 1.82) is 0 Å². The van der Waals surface area contributed by atoms with Crippen molar-refractivity contribution in [2.45, 2.75) is 25.7 Å². The van der Waals surface area contributed by atoms with Gasteiger partial charge in [-0.05, 0) is 23.1 Å². The first-order valence-corrected chi connectivity index (χ1v) is 9.64. The van der Waals surface area contributed by atoms with E-state index >= 15 is 0 Å². The number of nitrogens with zero attached hydrogens (tertiary/aromatic N) is 1. The summed E-state index contributed by atoms with van der Waals surface area (Å²) in [4.78, 5) is 26.5. The van der Waals surface area contributed by atoms with E-state index < -0.39 is 4.92 Å². The van der Waals surface area contributed by atoms with Crippen molar-refractivity contribution in [3.63, 3.8) is 0 Å². The average molecular weight is 395 g/mol. The van der Waals surface area contributed by atoms with Crippen LogP contribution in [0.1, 0.15) is 36.0 Å². The van der Waals surface area contributed by atoms with Gasteiger partial charge in [-0.15, -0.1) is 0 Å². The van der Waals surface area contributed by atoms with Crippen LogP contribution in [0.15, 0.2) is 48.7 Å². The van der Waals surface area contributed by atoms with Gasteiger partial charge >= 0.3 is 0 Å². The van der Waals surface area contributed by atoms with Crippen LogP contribution in [0.5, 0.6) is 0 Å². The molecule has 1 heterocycles. The van der Waals surface area contributed by atoms with Crippen LogP contribution in [-0.2, 0) is 16.0 Å². The summed E-state index contributed by atoms with van der Waals surface area (Å²) in [5, 5.41) is 14.9. The van der Waals surface area contributed by atoms with Crippen molar-refractivity contribution in [3.8, 4) is 0 Å². The number of nitrogens with one attached hydrogen (secondary N) is 2. The maximum absolute atomic E-state index is 12.5. The minimum absolute atomic E-state index is 0.0317. The second kappa shape index (κ2) is 9.34. The number of H-pyrrole nitrogens is 1. The summed E-state index contributed by atoms with van der Waals surface area (Å²) in [6, 6.07) is 12.6. The predicted molar refractivity (Wildman–Crippen MR) is 112 cm³/mol. The standard InChI is InChI=1S/C22H25N3O4/c1-3-15-5-4-6-18-20(14-24-22(15)18)19(13-21(26)23-11-12-29-2)16-7-9-17(10-8-16)25(27)28/h4-10,14,19,24H,3,11-13H2,1-2H3,(H,23,26). The fourth-order valence-corrected chi connectivity index (χ4v) is 3.61. The monoisotopic (exact) mass is 395 g/mol. The van der Waals surface area contributed by atoms with E-state index in [1.807, 2.05) is 18.3 Å². The van der Waals surface area contributed by atoms with Crippen LogP contribution in [0.25, 0.3) is 10.9 Å². The number of nitro benzene ring substituents is 1. The van der Waals surface area contributed by atoms with Gasteiger partial charge in [0.15, 0.2) is 0 Å². The molecule has 0 aliphatic rings. The molecule has 0 aliphatic carbocycles. The molecule has 2 N–H and O–H groups in total. The Kier molecular flexibility index (Phi) is 6.61. The molecule has 0 spiro atoms. The quantitative estimate of drug-likeness (QED) is 0.326. The maximum Gasteiger partial charge on any atom is 0.269 e. The zero-order valence-electron chi connectivity index (χ0n) is 16.6. The summed E-state index contributed by atoms with van der Waals surface area (Å²) in [7, 11) is 1.59. The number of hydrogen-bond donors (Lipinski definition) is 2. The highest BCUT2D eigenvalue weighted by atomic mass is 16.6. The number of ether oxygens (including phenoxy) is 1. The van der Waals surface area contributed by atoms with E-state index in [1.165, 1.54) is 17.7 Å². The van der Waals surface area contributed by atoms with Gasteiger partial charge in [0.25, 0.3) is 5.69 Å². The van der Waals surface area contributed by atoms with Crippen molar-refractivity contribution in [3.05, 3.63) is 75.5 Å². The Balaban J connectivity index is 1.98. The van der Waals surface area contributed by atoms with Crippen LogP contribution in [0.3, 0.4) is 0 Å². The van der Waals surface area contributed by atoms with E-state index in [4.69, 9.17) is 4.74 Å². The molecule has 1 aromatic heterocycles. The third-order valence-electron chi connectivity index (χ3n) is 5.11. The second-order valence-electron chi connectivity index (χ2n) is 6.89. The second-order valence-corrected chi connectivity index (χ2v) is 6.89. The van der Waals surface area contributed by atoms with E-state index in [9.17, 15) is 14.9 Å². The van der Waals surface area contributed by atoms with Gasteiger partial charge in [0.1, 0.15) is 0 Å². The number of fused-ring (bicyclic) bond motifs is 1. The normalized spacial score (nSPS) is 12.1. The molecule has 0 bridgehead atoms. The molecule has 0 fully saturated rings. The molecule has 29 heavy (non-hydrogen) atoms. The van der Waals surface area contributed by atoms with E-state index in [-0.39, 0.29) is 23.9 Å². The van der Waals surface area contributed by atoms with E-state index in [1.54, 1.807) is 19.2 Å². The summed E-state index contributed by atoms with van der Waals surface area (Å²) in [6.07, 6.45) is 3.08. The molecule has 152 valence electrons. The molecule has 2 aromatic carbocycles. The zero-order valence-corrected chi connectivity index (χ0v) is 16.6. The number of nitro groups is 1. The summed E-state index contributed by atoms with van der Waals surface area (Å²) < 4.78 is 4.99. The molecule has 1 unspecified atom stereocenters. The van der Waals surface area contributed by atoms with Crippen LogP contribution in [0.4, 0.5) is 5.69 Å². The first-order valence-electron chi connectivity index (χ1n) is 9.64. The van der Waals surface area contributed by atoms with E-state index in [0.29, 0.717) is 13.2 Å². The van der Waals surface area contributed by atoms with Crippen molar-refractivity contribution in [2.75, 3.05) is 20.3 Å². The Morgan fingerprint density at radius 1 is 1.24 bits per heavy atom. The van der Waals surface area contributed by atoms with Gasteiger partial charge in [0.2, 0.25) is 5.91 Å². The molecular weight excluding hydrogens is 370 g/mol. The summed E-state index contributed by atoms with van der Waals surface area (Å²) in [5.74, 6) is -0.314. The summed E-state index contributed by atoms with van der Waals surface area (Å²) >= 11 is 0. The Morgan fingerprint density at radius 2 is 2.00 bits per heavy atom. The van der Waals surface area contributed by atoms with Gasteiger partial charge in [-0.1, -0.05) is 37.3 Å². The third-order valence-corrected chi connectivity index (χ3v) is 5.11. The number of aryl methyl sites for hydroxylation is 1. The molecule has 0 saturated carbocycles. The number of aromatic amines is 1. The predicted octanol–water partition coefficient (Wildman–Crippen LogP) is 3.92. The maximum atomic E-state index is 12.5. The number of aromatic nitrogens is 1. The van der Waals surface area contributed by atoms with Crippen LogP contribution >= 0.6 is 0 Å². The van der Waals surface area contributed by atoms with E-state index in [2.05, 4.69) is 23.3 Å². The van der Waals surface area contributed by atoms with Crippen LogP contribution in [0.2, 0.25) is 0 Å². The summed E-state index contributed by atoms with van der Waals surface area (Å²) in [6.45, 7) is 2.99. The Hall–Kier alpha value is -3.19. The minimum atomic E-state index is -0.421. The molecule has 3 aromatic rings. The highest BCUT2D eigenvalue weighted by Gasteiger charge is 2.22. The fraction of sp³-hybridized carbons (Fsp3) is 0.318. The van der Waals surface area contributed by atoms with E-state index in [0.717, 1.165) is 28.5 Å². The molecule has 1 amide bonds.